The highest BCUT2D eigenvalue weighted by Gasteiger charge is 2.18. The summed E-state index contributed by atoms with van der Waals surface area (Å²) < 4.78 is 10.8. The van der Waals surface area contributed by atoms with Crippen LogP contribution in [0.4, 0.5) is 4.79 Å². The summed E-state index contributed by atoms with van der Waals surface area (Å²) in [4.78, 5) is 14.1. The van der Waals surface area contributed by atoms with E-state index in [1.54, 1.807) is 12.1 Å². The second-order valence-corrected chi connectivity index (χ2v) is 5.77. The smallest absolute Gasteiger partial charge is 0.426 e. The Morgan fingerprint density at radius 2 is 1.67 bits per heavy atom. The first kappa shape index (κ1) is 20.0. The highest BCUT2D eigenvalue weighted by molar-refractivity contribution is 5.85. The van der Waals surface area contributed by atoms with Crippen molar-refractivity contribution in [3.05, 3.63) is 65.7 Å². The number of para-hydroxylation sites is 1. The third-order valence-corrected chi connectivity index (χ3v) is 3.47. The molecule has 2 rings (SSSR count). The van der Waals surface area contributed by atoms with E-state index in [9.17, 15) is 4.79 Å². The Morgan fingerprint density at radius 3 is 2.25 bits per heavy atom. The van der Waals surface area contributed by atoms with Gasteiger partial charge in [-0.05, 0) is 38.7 Å². The van der Waals surface area contributed by atoms with Gasteiger partial charge in [-0.1, -0.05) is 48.0 Å². The molecule has 0 bridgehead atoms. The summed E-state index contributed by atoms with van der Waals surface area (Å²) in [5.74, 6) is 0.479. The molecule has 0 aliphatic carbocycles. The molecule has 0 amide bonds. The van der Waals surface area contributed by atoms with Crippen molar-refractivity contribution in [2.45, 2.75) is 19.4 Å². The fraction of sp³-hybridized carbons (Fsp3) is 0.316. The van der Waals surface area contributed by atoms with Gasteiger partial charge in [0.15, 0.2) is 0 Å². The van der Waals surface area contributed by atoms with Crippen LogP contribution in [0.1, 0.15) is 23.7 Å². The Morgan fingerprint density at radius 1 is 1.04 bits per heavy atom. The lowest BCUT2D eigenvalue weighted by Gasteiger charge is -2.20. The number of nitrogens with zero attached hydrogens (tertiary/aromatic N) is 1. The molecule has 0 aromatic heterocycles. The van der Waals surface area contributed by atoms with Crippen molar-refractivity contribution in [3.63, 3.8) is 0 Å². The topological polar surface area (TPSA) is 38.8 Å². The van der Waals surface area contributed by atoms with Crippen molar-refractivity contribution in [2.24, 2.45) is 0 Å². The summed E-state index contributed by atoms with van der Waals surface area (Å²) in [7, 11) is 3.99. The fourth-order valence-corrected chi connectivity index (χ4v) is 2.18. The van der Waals surface area contributed by atoms with Crippen molar-refractivity contribution in [3.8, 4) is 5.75 Å². The van der Waals surface area contributed by atoms with Crippen LogP contribution < -0.4 is 4.74 Å². The van der Waals surface area contributed by atoms with Gasteiger partial charge in [0.25, 0.3) is 0 Å². The maximum atomic E-state index is 12.0. The molecule has 2 aromatic carbocycles. The van der Waals surface area contributed by atoms with E-state index in [1.807, 2.05) is 63.5 Å². The number of carbonyl (C=O) groups is 1. The van der Waals surface area contributed by atoms with Crippen LogP contribution in [0.15, 0.2) is 54.6 Å². The van der Waals surface area contributed by atoms with Gasteiger partial charge in [-0.3, -0.25) is 0 Å². The van der Waals surface area contributed by atoms with Gasteiger partial charge >= 0.3 is 6.16 Å². The molecule has 0 heterocycles. The largest absolute Gasteiger partial charge is 0.514 e. The number of hydrogen-bond donors (Lipinski definition) is 0. The third kappa shape index (κ3) is 6.60. The monoisotopic (exact) mass is 349 g/mol. The second-order valence-electron chi connectivity index (χ2n) is 5.77. The minimum absolute atomic E-state index is 0. The Hall–Kier alpha value is -2.04. The summed E-state index contributed by atoms with van der Waals surface area (Å²) in [5, 5.41) is 0. The van der Waals surface area contributed by atoms with E-state index in [1.165, 1.54) is 5.56 Å². The van der Waals surface area contributed by atoms with Gasteiger partial charge in [0.1, 0.15) is 11.9 Å². The van der Waals surface area contributed by atoms with Crippen molar-refractivity contribution in [2.75, 3.05) is 20.6 Å². The summed E-state index contributed by atoms with van der Waals surface area (Å²) in [5.41, 5.74) is 2.15. The predicted octanol–water partition coefficient (Wildman–Crippen LogP) is 4.63. The minimum Gasteiger partial charge on any atom is -0.426 e. The molecule has 0 aliphatic rings. The lowest BCUT2D eigenvalue weighted by atomic mass is 10.0. The summed E-state index contributed by atoms with van der Waals surface area (Å²) in [6, 6.07) is 17.0. The first-order valence-corrected chi connectivity index (χ1v) is 7.69. The van der Waals surface area contributed by atoms with Gasteiger partial charge in [-0.15, -0.1) is 12.4 Å². The molecule has 0 N–H and O–H groups in total. The van der Waals surface area contributed by atoms with Crippen LogP contribution in [-0.2, 0) is 4.74 Å². The van der Waals surface area contributed by atoms with Crippen LogP contribution in [0.5, 0.6) is 5.75 Å². The molecule has 1 unspecified atom stereocenters. The molecule has 2 aromatic rings. The van der Waals surface area contributed by atoms with Crippen LogP contribution in [-0.4, -0.2) is 31.7 Å². The Bertz CT molecular complexity index is 614. The molecule has 0 fully saturated rings. The van der Waals surface area contributed by atoms with Crippen molar-refractivity contribution < 1.29 is 14.3 Å². The van der Waals surface area contributed by atoms with Gasteiger partial charge in [0, 0.05) is 13.0 Å². The lowest BCUT2D eigenvalue weighted by molar-refractivity contribution is 0.0509. The number of hydrogen-bond acceptors (Lipinski definition) is 4. The maximum absolute atomic E-state index is 12.0. The number of ether oxygens (including phenoxy) is 2. The Kier molecular flexibility index (Phi) is 8.30. The highest BCUT2D eigenvalue weighted by atomic mass is 35.5. The third-order valence-electron chi connectivity index (χ3n) is 3.47. The van der Waals surface area contributed by atoms with Crippen LogP contribution in [0.2, 0.25) is 0 Å². The molecule has 130 valence electrons. The Labute approximate surface area is 149 Å². The van der Waals surface area contributed by atoms with E-state index in [4.69, 9.17) is 9.47 Å². The molecular formula is C19H24ClNO3. The fourth-order valence-electron chi connectivity index (χ4n) is 2.18. The van der Waals surface area contributed by atoms with Crippen molar-refractivity contribution in [1.29, 1.82) is 0 Å². The summed E-state index contributed by atoms with van der Waals surface area (Å²) in [6.45, 7) is 2.85. The number of benzene rings is 2. The first-order chi connectivity index (χ1) is 11.0. The van der Waals surface area contributed by atoms with Gasteiger partial charge in [-0.25, -0.2) is 4.79 Å². The van der Waals surface area contributed by atoms with E-state index < -0.39 is 6.16 Å². The lowest BCUT2D eigenvalue weighted by Crippen LogP contribution is -2.20. The number of carbonyl (C=O) groups excluding carboxylic acids is 1. The molecule has 5 heteroatoms. The summed E-state index contributed by atoms with van der Waals surface area (Å²) >= 11 is 0. The zero-order valence-electron chi connectivity index (χ0n) is 14.3. The van der Waals surface area contributed by atoms with Gasteiger partial charge in [-0.2, -0.15) is 0 Å². The molecule has 0 saturated heterocycles. The molecule has 4 nitrogen and oxygen atoms in total. The normalized spacial score (nSPS) is 11.5. The number of aryl methyl sites for hydroxylation is 1. The quantitative estimate of drug-likeness (QED) is 0.563. The molecular weight excluding hydrogens is 326 g/mol. The molecule has 0 spiro atoms. The summed E-state index contributed by atoms with van der Waals surface area (Å²) in [6.07, 6.45) is -0.297. The van der Waals surface area contributed by atoms with E-state index >= 15 is 0 Å². The van der Waals surface area contributed by atoms with Crippen LogP contribution >= 0.6 is 12.4 Å². The van der Waals surface area contributed by atoms with Gasteiger partial charge in [0.2, 0.25) is 0 Å². The van der Waals surface area contributed by atoms with Crippen LogP contribution in [0, 0.1) is 6.92 Å². The minimum atomic E-state index is -0.680. The zero-order chi connectivity index (χ0) is 16.7. The number of halogens is 1. The van der Waals surface area contributed by atoms with E-state index in [2.05, 4.69) is 4.90 Å². The predicted molar refractivity (Wildman–Crippen MR) is 97.9 cm³/mol. The average Bonchev–Trinajstić information content (AvgIpc) is 2.53. The number of rotatable bonds is 6. The molecule has 24 heavy (non-hydrogen) atoms. The van der Waals surface area contributed by atoms with Crippen LogP contribution in [0.3, 0.4) is 0 Å². The SMILES string of the molecule is Cc1ccc(C(CCN(C)C)OC(=O)Oc2ccccc2)cc1.Cl. The Balaban J connectivity index is 0.00000288. The van der Waals surface area contributed by atoms with E-state index in [0.29, 0.717) is 12.2 Å². The maximum Gasteiger partial charge on any atom is 0.514 e. The second kappa shape index (κ2) is 9.96. The van der Waals surface area contributed by atoms with Crippen LogP contribution in [0.25, 0.3) is 0 Å². The first-order valence-electron chi connectivity index (χ1n) is 7.69. The highest BCUT2D eigenvalue weighted by Crippen LogP contribution is 2.23. The average molecular weight is 350 g/mol. The van der Waals surface area contributed by atoms with Gasteiger partial charge < -0.3 is 14.4 Å². The molecule has 1 atom stereocenters. The molecule has 0 saturated carbocycles. The van der Waals surface area contributed by atoms with Crippen molar-refractivity contribution in [1.82, 2.24) is 4.90 Å². The standard InChI is InChI=1S/C19H23NO3.ClH/c1-15-9-11-16(12-10-15)18(13-14-20(2)3)23-19(21)22-17-7-5-4-6-8-17;/h4-12,18H,13-14H2,1-3H3;1H. The molecule has 0 aliphatic heterocycles. The van der Waals surface area contributed by atoms with Gasteiger partial charge in [0.05, 0.1) is 0 Å². The van der Waals surface area contributed by atoms with Crippen molar-refractivity contribution >= 4 is 18.6 Å². The zero-order valence-corrected chi connectivity index (χ0v) is 15.1. The van der Waals surface area contributed by atoms with E-state index in [0.717, 1.165) is 12.1 Å². The van der Waals surface area contributed by atoms with E-state index in [-0.39, 0.29) is 18.5 Å². The molecule has 0 radical (unpaired) electrons.